The van der Waals surface area contributed by atoms with Crippen LogP contribution in [0.3, 0.4) is 0 Å². The molecule has 1 unspecified atom stereocenters. The number of anilines is 1. The number of aromatic nitrogens is 2. The molecule has 1 aliphatic heterocycles. The van der Waals surface area contributed by atoms with E-state index in [9.17, 15) is 0 Å². The summed E-state index contributed by atoms with van der Waals surface area (Å²) < 4.78 is 0. The first-order chi connectivity index (χ1) is 11.5. The van der Waals surface area contributed by atoms with Gasteiger partial charge in [-0.15, -0.1) is 5.10 Å². The summed E-state index contributed by atoms with van der Waals surface area (Å²) in [7, 11) is 0. The van der Waals surface area contributed by atoms with E-state index in [4.69, 9.17) is 0 Å². The van der Waals surface area contributed by atoms with E-state index in [-0.39, 0.29) is 5.41 Å². The summed E-state index contributed by atoms with van der Waals surface area (Å²) in [6, 6.07) is 13.5. The van der Waals surface area contributed by atoms with E-state index in [2.05, 4.69) is 65.5 Å². The molecule has 4 nitrogen and oxygen atoms in total. The molecular formula is C20H28N4. The molecule has 2 aromatic rings. The molecule has 0 aliphatic carbocycles. The SMILES string of the molecule is CC(C)(C)c1ccc(CNC2CCCN(c3cccnn3)C2)cc1. The van der Waals surface area contributed by atoms with Gasteiger partial charge in [0.1, 0.15) is 0 Å². The van der Waals surface area contributed by atoms with Crippen LogP contribution in [0.25, 0.3) is 0 Å². The lowest BCUT2D eigenvalue weighted by Crippen LogP contribution is -2.45. The predicted octanol–water partition coefficient (Wildman–Crippen LogP) is 3.53. The van der Waals surface area contributed by atoms with Gasteiger partial charge >= 0.3 is 0 Å². The number of nitrogens with one attached hydrogen (secondary N) is 1. The number of hydrogen-bond donors (Lipinski definition) is 1. The number of nitrogens with zero attached hydrogens (tertiary/aromatic N) is 3. The smallest absolute Gasteiger partial charge is 0.151 e. The molecule has 0 spiro atoms. The quantitative estimate of drug-likeness (QED) is 0.934. The lowest BCUT2D eigenvalue weighted by Gasteiger charge is -2.33. The van der Waals surface area contributed by atoms with Crippen molar-refractivity contribution in [3.05, 3.63) is 53.7 Å². The van der Waals surface area contributed by atoms with Gasteiger partial charge in [-0.2, -0.15) is 5.10 Å². The van der Waals surface area contributed by atoms with Gasteiger partial charge in [-0.3, -0.25) is 0 Å². The molecule has 3 rings (SSSR count). The van der Waals surface area contributed by atoms with E-state index in [1.807, 2.05) is 12.1 Å². The van der Waals surface area contributed by atoms with E-state index < -0.39 is 0 Å². The third kappa shape index (κ3) is 4.32. The standard InChI is InChI=1S/C20H28N4/c1-20(2,3)17-10-8-16(9-11-17)14-21-18-6-5-13-24(15-18)19-7-4-12-22-23-19/h4,7-12,18,21H,5-6,13-15H2,1-3H3. The summed E-state index contributed by atoms with van der Waals surface area (Å²) in [5, 5.41) is 11.9. The molecule has 1 atom stereocenters. The minimum Gasteiger partial charge on any atom is -0.354 e. The van der Waals surface area contributed by atoms with Gasteiger partial charge in [-0.1, -0.05) is 45.0 Å². The lowest BCUT2D eigenvalue weighted by atomic mass is 9.87. The lowest BCUT2D eigenvalue weighted by molar-refractivity contribution is 0.419. The first-order valence-electron chi connectivity index (χ1n) is 8.88. The van der Waals surface area contributed by atoms with Crippen molar-refractivity contribution in [3.8, 4) is 0 Å². The van der Waals surface area contributed by atoms with Crippen LogP contribution in [0.4, 0.5) is 5.82 Å². The Hall–Kier alpha value is -1.94. The van der Waals surface area contributed by atoms with Crippen molar-refractivity contribution in [2.45, 2.75) is 51.6 Å². The van der Waals surface area contributed by atoms with Crippen molar-refractivity contribution in [2.24, 2.45) is 0 Å². The van der Waals surface area contributed by atoms with Gasteiger partial charge in [0, 0.05) is 31.9 Å². The zero-order valence-electron chi connectivity index (χ0n) is 15.0. The molecule has 24 heavy (non-hydrogen) atoms. The molecule has 128 valence electrons. The van der Waals surface area contributed by atoms with Crippen molar-refractivity contribution in [3.63, 3.8) is 0 Å². The van der Waals surface area contributed by atoms with Crippen molar-refractivity contribution in [2.75, 3.05) is 18.0 Å². The molecule has 1 saturated heterocycles. The van der Waals surface area contributed by atoms with Crippen molar-refractivity contribution >= 4 is 5.82 Å². The summed E-state index contributed by atoms with van der Waals surface area (Å²) in [6.07, 6.45) is 4.14. The van der Waals surface area contributed by atoms with Crippen LogP contribution in [0.5, 0.6) is 0 Å². The second kappa shape index (κ2) is 7.31. The Morgan fingerprint density at radius 3 is 2.62 bits per heavy atom. The zero-order chi connectivity index (χ0) is 17.0. The highest BCUT2D eigenvalue weighted by Gasteiger charge is 2.20. The Kier molecular flexibility index (Phi) is 5.14. The Balaban J connectivity index is 1.55. The van der Waals surface area contributed by atoms with E-state index in [0.29, 0.717) is 6.04 Å². The fourth-order valence-electron chi connectivity index (χ4n) is 3.20. The normalized spacial score (nSPS) is 18.6. The highest BCUT2D eigenvalue weighted by Crippen LogP contribution is 2.22. The van der Waals surface area contributed by atoms with Gasteiger partial charge in [-0.05, 0) is 41.5 Å². The van der Waals surface area contributed by atoms with Gasteiger partial charge < -0.3 is 10.2 Å². The molecule has 0 bridgehead atoms. The fourth-order valence-corrected chi connectivity index (χ4v) is 3.20. The maximum absolute atomic E-state index is 4.24. The molecule has 1 aromatic heterocycles. The van der Waals surface area contributed by atoms with Crippen LogP contribution in [0.1, 0.15) is 44.7 Å². The van der Waals surface area contributed by atoms with Gasteiger partial charge in [0.25, 0.3) is 0 Å². The number of hydrogen-bond acceptors (Lipinski definition) is 4. The maximum Gasteiger partial charge on any atom is 0.151 e. The maximum atomic E-state index is 4.24. The molecule has 0 saturated carbocycles. The van der Waals surface area contributed by atoms with Crippen molar-refractivity contribution in [1.29, 1.82) is 0 Å². The molecule has 4 heteroatoms. The third-order valence-corrected chi connectivity index (χ3v) is 4.72. The van der Waals surface area contributed by atoms with Crippen LogP contribution in [-0.2, 0) is 12.0 Å². The van der Waals surface area contributed by atoms with Crippen LogP contribution in [-0.4, -0.2) is 29.3 Å². The third-order valence-electron chi connectivity index (χ3n) is 4.72. The highest BCUT2D eigenvalue weighted by atomic mass is 15.3. The summed E-state index contributed by atoms with van der Waals surface area (Å²) in [5.41, 5.74) is 2.95. The Morgan fingerprint density at radius 2 is 1.96 bits per heavy atom. The molecule has 0 radical (unpaired) electrons. The van der Waals surface area contributed by atoms with Gasteiger partial charge in [0.15, 0.2) is 5.82 Å². The van der Waals surface area contributed by atoms with Gasteiger partial charge in [0.05, 0.1) is 0 Å². The van der Waals surface area contributed by atoms with Gasteiger partial charge in [0.2, 0.25) is 0 Å². The van der Waals surface area contributed by atoms with Crippen LogP contribution < -0.4 is 10.2 Å². The van der Waals surface area contributed by atoms with Crippen molar-refractivity contribution < 1.29 is 0 Å². The minimum absolute atomic E-state index is 0.215. The van der Waals surface area contributed by atoms with Crippen LogP contribution in [0, 0.1) is 0 Å². The molecule has 1 aliphatic rings. The number of benzene rings is 1. The predicted molar refractivity (Wildman–Crippen MR) is 99.2 cm³/mol. The first kappa shape index (κ1) is 16.9. The van der Waals surface area contributed by atoms with E-state index in [0.717, 1.165) is 25.5 Å². The van der Waals surface area contributed by atoms with E-state index in [1.165, 1.54) is 24.0 Å². The fraction of sp³-hybridized carbons (Fsp3) is 0.500. The van der Waals surface area contributed by atoms with Gasteiger partial charge in [-0.25, -0.2) is 0 Å². The van der Waals surface area contributed by atoms with Crippen LogP contribution in [0.15, 0.2) is 42.6 Å². The second-order valence-electron chi connectivity index (χ2n) is 7.69. The van der Waals surface area contributed by atoms with Crippen molar-refractivity contribution in [1.82, 2.24) is 15.5 Å². The Labute approximate surface area is 145 Å². The Morgan fingerprint density at radius 1 is 1.17 bits per heavy atom. The number of piperidine rings is 1. The monoisotopic (exact) mass is 324 g/mol. The Bertz CT molecular complexity index is 631. The number of rotatable bonds is 4. The topological polar surface area (TPSA) is 41.0 Å². The van der Waals surface area contributed by atoms with E-state index >= 15 is 0 Å². The summed E-state index contributed by atoms with van der Waals surface area (Å²) in [6.45, 7) is 9.75. The molecule has 2 heterocycles. The largest absolute Gasteiger partial charge is 0.354 e. The van der Waals surface area contributed by atoms with Crippen LogP contribution >= 0.6 is 0 Å². The van der Waals surface area contributed by atoms with E-state index in [1.54, 1.807) is 6.20 Å². The molecule has 1 aromatic carbocycles. The minimum atomic E-state index is 0.215. The highest BCUT2D eigenvalue weighted by molar-refractivity contribution is 5.37. The average Bonchev–Trinajstić information content (AvgIpc) is 2.61. The molecule has 0 amide bonds. The molecule has 1 N–H and O–H groups in total. The summed E-state index contributed by atoms with van der Waals surface area (Å²) in [5.74, 6) is 0.985. The summed E-state index contributed by atoms with van der Waals surface area (Å²) in [4.78, 5) is 2.33. The van der Waals surface area contributed by atoms with Crippen LogP contribution in [0.2, 0.25) is 0 Å². The molecular weight excluding hydrogens is 296 g/mol. The first-order valence-corrected chi connectivity index (χ1v) is 8.88. The zero-order valence-corrected chi connectivity index (χ0v) is 15.0. The average molecular weight is 324 g/mol. The summed E-state index contributed by atoms with van der Waals surface area (Å²) >= 11 is 0. The molecule has 1 fully saturated rings. The second-order valence-corrected chi connectivity index (χ2v) is 7.69.